The smallest absolute Gasteiger partial charge is 0.288 e. The van der Waals surface area contributed by atoms with Crippen LogP contribution in [0.5, 0.6) is 23.0 Å². The van der Waals surface area contributed by atoms with Gasteiger partial charge in [-0.3, -0.25) is 4.79 Å². The number of hydrogen-bond acceptors (Lipinski definition) is 12. The fourth-order valence-corrected chi connectivity index (χ4v) is 25.4. The quantitative estimate of drug-likeness (QED) is 0.0119. The lowest BCUT2D eigenvalue weighted by Gasteiger charge is -2.44. The fraction of sp³-hybridized carbons (Fsp3) is 0.384. The zero-order chi connectivity index (χ0) is 80.4. The van der Waals surface area contributed by atoms with Gasteiger partial charge in [0.15, 0.2) is 0 Å². The Morgan fingerprint density at radius 1 is 0.434 bits per heavy atom. The maximum Gasteiger partial charge on any atom is 0.288 e. The van der Waals surface area contributed by atoms with Crippen molar-refractivity contribution in [3.05, 3.63) is 306 Å². The van der Waals surface area contributed by atoms with Gasteiger partial charge < -0.3 is 46.7 Å². The first-order valence-electron chi connectivity index (χ1n) is 40.6. The first-order valence-corrected chi connectivity index (χ1v) is 45.3. The van der Waals surface area contributed by atoms with Crippen molar-refractivity contribution in [2.75, 3.05) is 41.7 Å². The van der Waals surface area contributed by atoms with Gasteiger partial charge in [0.25, 0.3) is 16.6 Å². The maximum atomic E-state index is 16.2. The SMILES string of the molecule is CCCCCCCCCC[C@H](C)[C@@H](OCc1ccc(OC)cc1)[C@@H](C)/C=C(C)/C=C(\C)[C@H](O[Si](c1ccccc1)(c1ccccc1)c1ccccc1)[C@H](C)/C=C(\C)C(=O)S[C@H](COCc1ccc(OC)cc1)[C@@H](OCc1ccc(OC)cc1)[C@@H](CO[Si](c1ccccc1)(c1ccccc1)C(C)(C)C)OCc1ccc(OC)cc1. The van der Waals surface area contributed by atoms with Gasteiger partial charge in [-0.2, -0.15) is 0 Å². The molecule has 113 heavy (non-hydrogen) atoms. The number of methoxy groups -OCH3 is 4. The number of carbonyl (C=O) groups excluding carboxylic acids is 1. The third-order valence-corrected chi connectivity index (χ3v) is 31.9. The first-order chi connectivity index (χ1) is 54.8. The van der Waals surface area contributed by atoms with E-state index in [-0.39, 0.29) is 61.1 Å². The van der Waals surface area contributed by atoms with Crippen molar-refractivity contribution >= 4 is 59.4 Å². The van der Waals surface area contributed by atoms with Gasteiger partial charge in [0.05, 0.1) is 85.5 Å². The Bertz CT molecular complexity index is 4150. The Balaban J connectivity index is 1.15. The molecule has 9 aromatic carbocycles. The molecule has 0 radical (unpaired) electrons. The maximum absolute atomic E-state index is 16.2. The number of unbranched alkanes of at least 4 members (excludes halogenated alkanes) is 7. The van der Waals surface area contributed by atoms with E-state index in [2.05, 4.69) is 244 Å². The standard InChI is InChI=1S/C99H124O11SSi2/c1-15-16-17-18-19-20-21-27-38-75(3)95(107-70-82-53-61-86(103-13)62-54-82)76(4)65-74(2)66-77(5)96(110-112(88-39-28-22-29-40-88,89-41-30-23-31-42-89)90-43-32-24-33-44-90)78(6)67-79(7)98(100)111-94(73-105-68-80-49-57-84(101-11)58-50-80)97(108-71-83-55-63-87(104-14)64-56-83)93(106-69-81-51-59-85(102-12)60-52-81)72-109-113(99(8,9)10,91-45-34-25-35-46-91)92-47-36-26-37-48-92/h22-26,28-37,39-67,75-76,78,93-97H,15-21,27,38,68-73H2,1-14H3/b74-65+,77-66+,79-67+/t75-,76-,78+,93+,94+,95+,96-,97-/m0/s1. The minimum atomic E-state index is -3.43. The summed E-state index contributed by atoms with van der Waals surface area (Å²) >= 11 is 1.22. The molecule has 8 atom stereocenters. The molecular formula is C99H124O11SSi2. The van der Waals surface area contributed by atoms with E-state index >= 15 is 4.79 Å². The number of benzene rings is 9. The van der Waals surface area contributed by atoms with Crippen LogP contribution in [0.2, 0.25) is 5.04 Å². The van der Waals surface area contributed by atoms with Gasteiger partial charge in [-0.05, 0) is 146 Å². The average molecular weight is 1580 g/mol. The Hall–Kier alpha value is -8.39. The number of thioether (sulfide) groups is 1. The Morgan fingerprint density at radius 2 is 0.814 bits per heavy atom. The number of hydrogen-bond donors (Lipinski definition) is 0. The van der Waals surface area contributed by atoms with E-state index < -0.39 is 40.2 Å². The highest BCUT2D eigenvalue weighted by atomic mass is 32.2. The molecule has 0 saturated heterocycles. The van der Waals surface area contributed by atoms with Gasteiger partial charge in [-0.25, -0.2) is 0 Å². The van der Waals surface area contributed by atoms with E-state index in [0.29, 0.717) is 18.1 Å². The van der Waals surface area contributed by atoms with Crippen LogP contribution in [0.3, 0.4) is 0 Å². The summed E-state index contributed by atoms with van der Waals surface area (Å²) in [7, 11) is 0.0375. The van der Waals surface area contributed by atoms with E-state index in [1.807, 2.05) is 91.9 Å². The van der Waals surface area contributed by atoms with E-state index in [1.54, 1.807) is 28.4 Å². The summed E-state index contributed by atoms with van der Waals surface area (Å²) in [5.74, 6) is 3.04. The van der Waals surface area contributed by atoms with Crippen molar-refractivity contribution in [1.82, 2.24) is 0 Å². The third-order valence-electron chi connectivity index (χ3n) is 21.6. The van der Waals surface area contributed by atoms with Crippen LogP contribution in [0.1, 0.15) is 149 Å². The molecule has 0 aliphatic rings. The van der Waals surface area contributed by atoms with Crippen LogP contribution in [0.25, 0.3) is 0 Å². The summed E-state index contributed by atoms with van der Waals surface area (Å²) in [6.45, 7) is 23.7. The lowest BCUT2D eigenvalue weighted by atomic mass is 9.87. The molecule has 14 heteroatoms. The molecule has 11 nitrogen and oxygen atoms in total. The lowest BCUT2D eigenvalue weighted by Crippen LogP contribution is -2.70. The third kappa shape index (κ3) is 25.6. The molecule has 0 aliphatic heterocycles. The number of carbonyl (C=O) groups is 1. The second kappa shape index (κ2) is 45.6. The molecule has 0 unspecified atom stereocenters. The van der Waals surface area contributed by atoms with Gasteiger partial charge >= 0.3 is 0 Å². The molecular weight excluding hydrogens is 1450 g/mol. The Kier molecular flexibility index (Phi) is 35.8. The van der Waals surface area contributed by atoms with Crippen molar-refractivity contribution < 1.29 is 51.5 Å². The van der Waals surface area contributed by atoms with Crippen molar-refractivity contribution in [2.45, 2.75) is 188 Å². The van der Waals surface area contributed by atoms with Crippen molar-refractivity contribution in [1.29, 1.82) is 0 Å². The predicted octanol–water partition coefficient (Wildman–Crippen LogP) is 20.5. The zero-order valence-corrected chi connectivity index (χ0v) is 72.3. The topological polar surface area (TPSA) is 109 Å². The molecule has 0 N–H and O–H groups in total. The minimum absolute atomic E-state index is 0.0471. The van der Waals surface area contributed by atoms with Crippen LogP contribution >= 0.6 is 11.8 Å². The molecule has 0 aromatic heterocycles. The van der Waals surface area contributed by atoms with Crippen LogP contribution in [-0.2, 0) is 59.0 Å². The highest BCUT2D eigenvalue weighted by Gasteiger charge is 2.52. The molecule has 9 aromatic rings. The molecule has 600 valence electrons. The molecule has 0 heterocycles. The van der Waals surface area contributed by atoms with Gasteiger partial charge in [0.2, 0.25) is 5.12 Å². The van der Waals surface area contributed by atoms with Crippen LogP contribution in [0, 0.1) is 17.8 Å². The molecule has 0 aliphatic carbocycles. The van der Waals surface area contributed by atoms with E-state index in [9.17, 15) is 0 Å². The summed E-state index contributed by atoms with van der Waals surface area (Å²) in [6.07, 6.45) is 15.9. The molecule has 0 spiro atoms. The molecule has 0 bridgehead atoms. The largest absolute Gasteiger partial charge is 0.497 e. The molecule has 0 amide bonds. The number of allylic oxidation sites excluding steroid dienone is 2. The van der Waals surface area contributed by atoms with Crippen LogP contribution < -0.4 is 44.9 Å². The lowest BCUT2D eigenvalue weighted by molar-refractivity contribution is -0.111. The predicted molar refractivity (Wildman–Crippen MR) is 472 cm³/mol. The highest BCUT2D eigenvalue weighted by Crippen LogP contribution is 2.39. The summed E-state index contributed by atoms with van der Waals surface area (Å²) in [5.41, 5.74) is 6.59. The Labute approximate surface area is 683 Å². The van der Waals surface area contributed by atoms with Crippen molar-refractivity contribution in [3.63, 3.8) is 0 Å². The van der Waals surface area contributed by atoms with E-state index in [1.165, 1.54) is 63.1 Å². The monoisotopic (exact) mass is 1580 g/mol. The van der Waals surface area contributed by atoms with Crippen molar-refractivity contribution in [3.8, 4) is 23.0 Å². The van der Waals surface area contributed by atoms with E-state index in [0.717, 1.165) is 88.8 Å². The fourth-order valence-electron chi connectivity index (χ4n) is 15.5. The highest BCUT2D eigenvalue weighted by molar-refractivity contribution is 8.14. The molecule has 0 fully saturated rings. The molecule has 9 rings (SSSR count). The van der Waals surface area contributed by atoms with Crippen LogP contribution in [0.4, 0.5) is 0 Å². The van der Waals surface area contributed by atoms with Crippen LogP contribution in [0.15, 0.2) is 284 Å². The number of rotatable bonds is 47. The van der Waals surface area contributed by atoms with Gasteiger partial charge in [0, 0.05) is 11.8 Å². The normalized spacial score (nSPS) is 14.6. The van der Waals surface area contributed by atoms with Gasteiger partial charge in [-0.1, -0.05) is 336 Å². The second-order valence-corrected chi connectivity index (χ2v) is 40.0. The summed E-state index contributed by atoms with van der Waals surface area (Å²) in [4.78, 5) is 16.2. The van der Waals surface area contributed by atoms with Gasteiger partial charge in [-0.15, -0.1) is 0 Å². The summed E-state index contributed by atoms with van der Waals surface area (Å²) in [6, 6.07) is 85.5. The van der Waals surface area contributed by atoms with Crippen molar-refractivity contribution in [2.24, 2.45) is 17.8 Å². The number of ether oxygens (including phenoxy) is 8. The zero-order valence-electron chi connectivity index (χ0n) is 69.5. The summed E-state index contributed by atoms with van der Waals surface area (Å²) in [5, 5.41) is 4.39. The van der Waals surface area contributed by atoms with Crippen LogP contribution in [-0.4, -0.2) is 93.1 Å². The minimum Gasteiger partial charge on any atom is -0.497 e. The first kappa shape index (κ1) is 88.6. The summed E-state index contributed by atoms with van der Waals surface area (Å²) < 4.78 is 67.4. The Morgan fingerprint density at radius 3 is 1.22 bits per heavy atom. The van der Waals surface area contributed by atoms with E-state index in [4.69, 9.17) is 46.7 Å². The second-order valence-electron chi connectivity index (χ2n) is 31.2. The van der Waals surface area contributed by atoms with Gasteiger partial charge in [0.1, 0.15) is 35.2 Å². The average Bonchev–Trinajstić information content (AvgIpc) is 0.750. The molecule has 0 saturated carbocycles.